The van der Waals surface area contributed by atoms with Gasteiger partial charge in [-0.25, -0.2) is 4.98 Å². The molecule has 6 rings (SSSR count). The fraction of sp³-hybridized carbons (Fsp3) is 0.100. The summed E-state index contributed by atoms with van der Waals surface area (Å²) in [5.41, 5.74) is 6.38. The average Bonchev–Trinajstić information content (AvgIpc) is 3.44. The molecule has 0 radical (unpaired) electrons. The molecule has 0 amide bonds. The van der Waals surface area contributed by atoms with Crippen molar-refractivity contribution in [3.63, 3.8) is 0 Å². The van der Waals surface area contributed by atoms with Gasteiger partial charge >= 0.3 is 0 Å². The molecule has 0 saturated carbocycles. The zero-order valence-corrected chi connectivity index (χ0v) is 21.2. The third-order valence-corrected chi connectivity index (χ3v) is 7.14. The number of benzene rings is 4. The van der Waals surface area contributed by atoms with Crippen molar-refractivity contribution in [1.82, 2.24) is 14.1 Å². The second kappa shape index (κ2) is 9.32. The molecule has 1 atom stereocenters. The number of para-hydroxylation sites is 1. The highest BCUT2D eigenvalue weighted by Gasteiger charge is 2.19. The Labute approximate surface area is 217 Å². The summed E-state index contributed by atoms with van der Waals surface area (Å²) in [5.74, 6) is 0. The number of aliphatic hydroxyl groups excluding tert-OH is 1. The van der Waals surface area contributed by atoms with Gasteiger partial charge in [0.05, 0.1) is 36.9 Å². The summed E-state index contributed by atoms with van der Waals surface area (Å²) < 4.78 is 5.53. The van der Waals surface area contributed by atoms with Crippen LogP contribution in [-0.4, -0.2) is 25.3 Å². The molecular formula is C30H24IN3O. The number of aromatic nitrogens is 3. The monoisotopic (exact) mass is 569 g/mol. The lowest BCUT2D eigenvalue weighted by Crippen LogP contribution is -2.22. The van der Waals surface area contributed by atoms with E-state index in [0.29, 0.717) is 13.1 Å². The molecule has 1 unspecified atom stereocenters. The Morgan fingerprint density at radius 3 is 2.14 bits per heavy atom. The molecule has 2 aromatic heterocycles. The molecule has 2 heterocycles. The zero-order chi connectivity index (χ0) is 23.8. The van der Waals surface area contributed by atoms with Crippen LogP contribution in [-0.2, 0) is 13.1 Å². The van der Waals surface area contributed by atoms with Crippen LogP contribution in [0.4, 0.5) is 0 Å². The first-order valence-electron chi connectivity index (χ1n) is 11.7. The minimum Gasteiger partial charge on any atom is -0.389 e. The van der Waals surface area contributed by atoms with E-state index in [4.69, 9.17) is 4.98 Å². The largest absolute Gasteiger partial charge is 0.389 e. The van der Waals surface area contributed by atoms with Gasteiger partial charge in [-0.2, -0.15) is 0 Å². The van der Waals surface area contributed by atoms with Crippen LogP contribution in [0.1, 0.15) is 0 Å². The van der Waals surface area contributed by atoms with Crippen LogP contribution in [0, 0.1) is 3.57 Å². The van der Waals surface area contributed by atoms with E-state index in [1.54, 1.807) is 0 Å². The van der Waals surface area contributed by atoms with Crippen LogP contribution in [0.25, 0.3) is 44.3 Å². The van der Waals surface area contributed by atoms with Crippen molar-refractivity contribution in [1.29, 1.82) is 0 Å². The topological polar surface area (TPSA) is 43.0 Å². The highest BCUT2D eigenvalue weighted by molar-refractivity contribution is 14.1. The molecule has 0 aliphatic rings. The number of halogens is 1. The van der Waals surface area contributed by atoms with Crippen molar-refractivity contribution in [2.45, 2.75) is 19.2 Å². The van der Waals surface area contributed by atoms with E-state index in [1.807, 2.05) is 42.7 Å². The molecule has 6 aromatic rings. The number of rotatable bonds is 6. The average molecular weight is 569 g/mol. The quantitative estimate of drug-likeness (QED) is 0.220. The highest BCUT2D eigenvalue weighted by atomic mass is 127. The molecule has 0 saturated heterocycles. The normalized spacial score (nSPS) is 12.4. The van der Waals surface area contributed by atoms with Crippen molar-refractivity contribution < 1.29 is 5.11 Å². The molecule has 35 heavy (non-hydrogen) atoms. The van der Waals surface area contributed by atoms with Crippen molar-refractivity contribution in [2.24, 2.45) is 0 Å². The predicted molar refractivity (Wildman–Crippen MR) is 151 cm³/mol. The smallest absolute Gasteiger partial charge is 0.0963 e. The van der Waals surface area contributed by atoms with E-state index in [-0.39, 0.29) is 0 Å². The van der Waals surface area contributed by atoms with Gasteiger partial charge in [-0.1, -0.05) is 78.9 Å². The summed E-state index contributed by atoms with van der Waals surface area (Å²) in [4.78, 5) is 4.77. The van der Waals surface area contributed by atoms with Gasteiger partial charge in [-0.05, 0) is 46.9 Å². The van der Waals surface area contributed by atoms with Crippen LogP contribution in [0.2, 0.25) is 0 Å². The lowest BCUT2D eigenvalue weighted by atomic mass is 10.0. The Morgan fingerprint density at radius 2 is 1.37 bits per heavy atom. The van der Waals surface area contributed by atoms with E-state index in [2.05, 4.69) is 98.5 Å². The number of imidazole rings is 1. The lowest BCUT2D eigenvalue weighted by Gasteiger charge is -2.17. The first-order chi connectivity index (χ1) is 17.2. The molecule has 0 fully saturated rings. The Bertz CT molecular complexity index is 1620. The number of fused-ring (bicyclic) bond motifs is 3. The molecule has 0 aliphatic carbocycles. The Morgan fingerprint density at radius 1 is 0.714 bits per heavy atom. The van der Waals surface area contributed by atoms with Crippen molar-refractivity contribution in [3.8, 4) is 22.5 Å². The fourth-order valence-corrected chi connectivity index (χ4v) is 5.44. The van der Waals surface area contributed by atoms with Gasteiger partial charge in [0.1, 0.15) is 0 Å². The van der Waals surface area contributed by atoms with Crippen LogP contribution in [0.3, 0.4) is 0 Å². The molecule has 172 valence electrons. The van der Waals surface area contributed by atoms with Crippen molar-refractivity contribution in [2.75, 3.05) is 0 Å². The van der Waals surface area contributed by atoms with Gasteiger partial charge in [0, 0.05) is 36.5 Å². The first kappa shape index (κ1) is 22.1. The SMILES string of the molecule is OC(Cn1cnc(-c2ccccc2)c1-c1ccccc1)Cn1c2ccccc2c2cc(I)ccc21. The molecular weight excluding hydrogens is 545 g/mol. The molecule has 4 aromatic carbocycles. The molecule has 0 spiro atoms. The Balaban J connectivity index is 1.39. The van der Waals surface area contributed by atoms with E-state index >= 15 is 0 Å². The highest BCUT2D eigenvalue weighted by Crippen LogP contribution is 2.33. The second-order valence-electron chi connectivity index (χ2n) is 8.77. The lowest BCUT2D eigenvalue weighted by molar-refractivity contribution is 0.137. The van der Waals surface area contributed by atoms with Crippen molar-refractivity contribution >= 4 is 44.4 Å². The summed E-state index contributed by atoms with van der Waals surface area (Å²) in [5, 5.41) is 13.8. The first-order valence-corrected chi connectivity index (χ1v) is 12.8. The Hall–Kier alpha value is -3.42. The minimum atomic E-state index is -0.589. The number of hydrogen-bond donors (Lipinski definition) is 1. The third kappa shape index (κ3) is 4.15. The van der Waals surface area contributed by atoms with Gasteiger partial charge in [0.25, 0.3) is 0 Å². The molecule has 0 aliphatic heterocycles. The maximum absolute atomic E-state index is 11.3. The van der Waals surface area contributed by atoms with Gasteiger partial charge < -0.3 is 14.2 Å². The van der Waals surface area contributed by atoms with E-state index < -0.39 is 6.10 Å². The standard InChI is InChI=1S/C30H24IN3O/c31-23-15-16-28-26(17-23)25-13-7-8-14-27(25)34(28)19-24(35)18-33-20-32-29(21-9-3-1-4-10-21)30(33)22-11-5-2-6-12-22/h1-17,20,24,35H,18-19H2. The summed E-state index contributed by atoms with van der Waals surface area (Å²) in [6.45, 7) is 0.945. The van der Waals surface area contributed by atoms with Crippen LogP contribution < -0.4 is 0 Å². The van der Waals surface area contributed by atoms with Crippen LogP contribution in [0.5, 0.6) is 0 Å². The van der Waals surface area contributed by atoms with E-state index in [0.717, 1.165) is 33.5 Å². The minimum absolute atomic E-state index is 0.447. The molecule has 1 N–H and O–H groups in total. The van der Waals surface area contributed by atoms with Crippen LogP contribution in [0.15, 0.2) is 109 Å². The van der Waals surface area contributed by atoms with E-state index in [1.165, 1.54) is 14.3 Å². The summed E-state index contributed by atoms with van der Waals surface area (Å²) in [6, 6.07) is 35.4. The second-order valence-corrected chi connectivity index (χ2v) is 10.0. The van der Waals surface area contributed by atoms with Gasteiger partial charge in [-0.3, -0.25) is 0 Å². The third-order valence-electron chi connectivity index (χ3n) is 6.47. The van der Waals surface area contributed by atoms with Gasteiger partial charge in [0.15, 0.2) is 0 Å². The maximum Gasteiger partial charge on any atom is 0.0963 e. The van der Waals surface area contributed by atoms with Crippen molar-refractivity contribution in [3.05, 3.63) is 113 Å². The summed E-state index contributed by atoms with van der Waals surface area (Å²) >= 11 is 2.36. The Kier molecular flexibility index (Phi) is 5.88. The van der Waals surface area contributed by atoms with Gasteiger partial charge in [0.2, 0.25) is 0 Å². The van der Waals surface area contributed by atoms with Crippen LogP contribution >= 0.6 is 22.6 Å². The molecule has 5 heteroatoms. The predicted octanol–water partition coefficient (Wildman–Crippen LogP) is 6.99. The maximum atomic E-state index is 11.3. The number of aliphatic hydroxyl groups is 1. The summed E-state index contributed by atoms with van der Waals surface area (Å²) in [6.07, 6.45) is 1.26. The zero-order valence-electron chi connectivity index (χ0n) is 19.1. The number of hydrogen-bond acceptors (Lipinski definition) is 2. The van der Waals surface area contributed by atoms with E-state index in [9.17, 15) is 5.11 Å². The van der Waals surface area contributed by atoms with Gasteiger partial charge in [-0.15, -0.1) is 0 Å². The molecule has 0 bridgehead atoms. The molecule has 4 nitrogen and oxygen atoms in total. The number of nitrogens with zero attached hydrogens (tertiary/aromatic N) is 3. The fourth-order valence-electron chi connectivity index (χ4n) is 4.94. The summed E-state index contributed by atoms with van der Waals surface area (Å²) in [7, 11) is 0.